The van der Waals surface area contributed by atoms with Crippen molar-refractivity contribution in [3.05, 3.63) is 42.5 Å². The predicted molar refractivity (Wildman–Crippen MR) is 62.4 cm³/mol. The summed E-state index contributed by atoms with van der Waals surface area (Å²) in [6.45, 7) is 4.90. The van der Waals surface area contributed by atoms with Gasteiger partial charge < -0.3 is 10.6 Å². The van der Waals surface area contributed by atoms with Gasteiger partial charge in [-0.25, -0.2) is 0 Å². The third-order valence-electron chi connectivity index (χ3n) is 2.08. The van der Waals surface area contributed by atoms with Gasteiger partial charge in [0.25, 0.3) is 0 Å². The summed E-state index contributed by atoms with van der Waals surface area (Å²) in [6.07, 6.45) is 0. The Hall–Kier alpha value is -1.61. The molecule has 1 amide bonds. The second-order valence-corrected chi connectivity index (χ2v) is 3.25. The third kappa shape index (κ3) is 3.95. The average Bonchev–Trinajstić information content (AvgIpc) is 2.29. The van der Waals surface area contributed by atoms with Gasteiger partial charge in [0.15, 0.2) is 0 Å². The third-order valence-corrected chi connectivity index (χ3v) is 2.08. The zero-order chi connectivity index (χ0) is 11.1. The highest BCUT2D eigenvalue weighted by atomic mass is 16.1. The van der Waals surface area contributed by atoms with Crippen molar-refractivity contribution in [2.45, 2.75) is 0 Å². The normalized spacial score (nSPS) is 9.67. The molecule has 80 valence electrons. The number of amides is 1. The van der Waals surface area contributed by atoms with Crippen LogP contribution in [0, 0.1) is 0 Å². The Kier molecular flexibility index (Phi) is 4.57. The topological polar surface area (TPSA) is 41.1 Å². The predicted octanol–water partition coefficient (Wildman–Crippen LogP) is 1.04. The van der Waals surface area contributed by atoms with E-state index in [2.05, 4.69) is 17.2 Å². The van der Waals surface area contributed by atoms with E-state index < -0.39 is 0 Å². The maximum atomic E-state index is 10.9. The number of likely N-dealkylation sites (N-methyl/N-ethyl adjacent to an activating group) is 1. The summed E-state index contributed by atoms with van der Waals surface area (Å²) in [5.41, 5.74) is 2.08. The van der Waals surface area contributed by atoms with Gasteiger partial charge in [0.05, 0.1) is 6.54 Å². The smallest absolute Gasteiger partial charge is 0.233 e. The van der Waals surface area contributed by atoms with Gasteiger partial charge in [0, 0.05) is 13.6 Å². The van der Waals surface area contributed by atoms with E-state index in [9.17, 15) is 4.79 Å². The lowest BCUT2D eigenvalue weighted by Crippen LogP contribution is -2.32. The van der Waals surface area contributed by atoms with Crippen LogP contribution in [0.3, 0.4) is 0 Å². The van der Waals surface area contributed by atoms with E-state index in [-0.39, 0.29) is 5.91 Å². The first-order valence-corrected chi connectivity index (χ1v) is 4.88. The molecule has 15 heavy (non-hydrogen) atoms. The highest BCUT2D eigenvalue weighted by Gasteiger charge is 1.99. The van der Waals surface area contributed by atoms with Gasteiger partial charge in [-0.3, -0.25) is 4.79 Å². The van der Waals surface area contributed by atoms with Gasteiger partial charge in [0.2, 0.25) is 5.91 Å². The number of carbonyl (C=O) groups is 1. The van der Waals surface area contributed by atoms with Gasteiger partial charge in [-0.2, -0.15) is 0 Å². The number of carbonyl (C=O) groups excluding carboxylic acids is 1. The first-order chi connectivity index (χ1) is 7.24. The highest BCUT2D eigenvalue weighted by molar-refractivity contribution is 5.78. The van der Waals surface area contributed by atoms with Crippen LogP contribution in [0.4, 0.5) is 0 Å². The molecule has 1 rings (SSSR count). The van der Waals surface area contributed by atoms with Crippen LogP contribution in [-0.2, 0) is 4.79 Å². The zero-order valence-electron chi connectivity index (χ0n) is 8.92. The van der Waals surface area contributed by atoms with E-state index in [1.165, 1.54) is 0 Å². The van der Waals surface area contributed by atoms with Crippen LogP contribution in [0.5, 0.6) is 0 Å². The van der Waals surface area contributed by atoms with Crippen LogP contribution in [0.25, 0.3) is 5.57 Å². The van der Waals surface area contributed by atoms with Crippen molar-refractivity contribution in [2.75, 3.05) is 20.1 Å². The summed E-state index contributed by atoms with van der Waals surface area (Å²) in [4.78, 5) is 10.9. The molecular weight excluding hydrogens is 188 g/mol. The molecule has 0 saturated heterocycles. The average molecular weight is 204 g/mol. The van der Waals surface area contributed by atoms with Crippen molar-refractivity contribution in [2.24, 2.45) is 0 Å². The van der Waals surface area contributed by atoms with Crippen LogP contribution < -0.4 is 10.6 Å². The Morgan fingerprint density at radius 1 is 1.27 bits per heavy atom. The largest absolute Gasteiger partial charge is 0.358 e. The molecule has 0 aliphatic rings. The molecule has 3 nitrogen and oxygen atoms in total. The van der Waals surface area contributed by atoms with E-state index >= 15 is 0 Å². The molecule has 0 spiro atoms. The van der Waals surface area contributed by atoms with Gasteiger partial charge >= 0.3 is 0 Å². The van der Waals surface area contributed by atoms with E-state index in [1.54, 1.807) is 7.05 Å². The van der Waals surface area contributed by atoms with E-state index in [4.69, 9.17) is 0 Å². The molecule has 0 fully saturated rings. The maximum Gasteiger partial charge on any atom is 0.233 e. The van der Waals surface area contributed by atoms with Crippen molar-refractivity contribution in [3.63, 3.8) is 0 Å². The van der Waals surface area contributed by atoms with Gasteiger partial charge in [-0.05, 0) is 11.1 Å². The Morgan fingerprint density at radius 2 is 1.93 bits per heavy atom. The second kappa shape index (κ2) is 5.98. The number of benzene rings is 1. The molecule has 0 heterocycles. The summed E-state index contributed by atoms with van der Waals surface area (Å²) in [5.74, 6) is -0.0177. The van der Waals surface area contributed by atoms with Crippen molar-refractivity contribution < 1.29 is 4.79 Å². The molecule has 0 atom stereocenters. The lowest BCUT2D eigenvalue weighted by atomic mass is 10.1. The molecule has 3 heteroatoms. The van der Waals surface area contributed by atoms with Crippen LogP contribution >= 0.6 is 0 Å². The van der Waals surface area contributed by atoms with Crippen LogP contribution in [0.2, 0.25) is 0 Å². The molecule has 0 saturated carbocycles. The number of rotatable bonds is 5. The zero-order valence-corrected chi connectivity index (χ0v) is 8.92. The molecule has 1 aromatic rings. The fourth-order valence-corrected chi connectivity index (χ4v) is 1.19. The van der Waals surface area contributed by atoms with Crippen LogP contribution in [0.1, 0.15) is 5.56 Å². The Balaban J connectivity index is 2.34. The molecule has 0 bridgehead atoms. The van der Waals surface area contributed by atoms with Crippen molar-refractivity contribution in [1.29, 1.82) is 0 Å². The molecule has 0 unspecified atom stereocenters. The van der Waals surface area contributed by atoms with Crippen LogP contribution in [0.15, 0.2) is 36.9 Å². The fraction of sp³-hybridized carbons (Fsp3) is 0.250. The minimum Gasteiger partial charge on any atom is -0.358 e. The summed E-state index contributed by atoms with van der Waals surface area (Å²) < 4.78 is 0. The fourth-order valence-electron chi connectivity index (χ4n) is 1.19. The van der Waals surface area contributed by atoms with E-state index in [0.29, 0.717) is 13.1 Å². The molecule has 0 aliphatic carbocycles. The van der Waals surface area contributed by atoms with E-state index in [0.717, 1.165) is 11.1 Å². The van der Waals surface area contributed by atoms with Gasteiger partial charge in [-0.15, -0.1) is 0 Å². The van der Waals surface area contributed by atoms with Crippen LogP contribution in [-0.4, -0.2) is 26.0 Å². The molecule has 0 aliphatic heterocycles. The summed E-state index contributed by atoms with van der Waals surface area (Å²) in [7, 11) is 1.62. The Bertz CT molecular complexity index is 333. The Morgan fingerprint density at radius 3 is 2.53 bits per heavy atom. The molecule has 0 radical (unpaired) electrons. The number of nitrogens with one attached hydrogen (secondary N) is 2. The second-order valence-electron chi connectivity index (χ2n) is 3.25. The first-order valence-electron chi connectivity index (χ1n) is 4.88. The van der Waals surface area contributed by atoms with Crippen molar-refractivity contribution >= 4 is 11.5 Å². The summed E-state index contributed by atoms with van der Waals surface area (Å²) >= 11 is 0. The lowest BCUT2D eigenvalue weighted by molar-refractivity contribution is -0.119. The number of hydrogen-bond donors (Lipinski definition) is 2. The monoisotopic (exact) mass is 204 g/mol. The minimum atomic E-state index is -0.0177. The molecular formula is C12H16N2O. The minimum absolute atomic E-state index is 0.0177. The van der Waals surface area contributed by atoms with E-state index in [1.807, 2.05) is 30.3 Å². The summed E-state index contributed by atoms with van der Waals surface area (Å²) in [6, 6.07) is 9.92. The maximum absolute atomic E-state index is 10.9. The molecule has 2 N–H and O–H groups in total. The SMILES string of the molecule is C=C(CNCC(=O)NC)c1ccccc1. The summed E-state index contributed by atoms with van der Waals surface area (Å²) in [5, 5.41) is 5.57. The number of hydrogen-bond acceptors (Lipinski definition) is 2. The Labute approximate surface area is 90.2 Å². The first kappa shape index (κ1) is 11.5. The van der Waals surface area contributed by atoms with Crippen molar-refractivity contribution in [3.8, 4) is 0 Å². The van der Waals surface area contributed by atoms with Crippen molar-refractivity contribution in [1.82, 2.24) is 10.6 Å². The lowest BCUT2D eigenvalue weighted by Gasteiger charge is -2.07. The van der Waals surface area contributed by atoms with Gasteiger partial charge in [-0.1, -0.05) is 36.9 Å². The van der Waals surface area contributed by atoms with Gasteiger partial charge in [0.1, 0.15) is 0 Å². The highest BCUT2D eigenvalue weighted by Crippen LogP contribution is 2.09. The quantitative estimate of drug-likeness (QED) is 0.752. The standard InChI is InChI=1S/C12H16N2O/c1-10(8-14-9-12(15)13-2)11-6-4-3-5-7-11/h3-7,14H,1,8-9H2,2H3,(H,13,15). The molecule has 0 aromatic heterocycles. The molecule has 1 aromatic carbocycles.